The lowest BCUT2D eigenvalue weighted by molar-refractivity contribution is -0.117. The fraction of sp³-hybridized carbons (Fsp3) is 0.500. The van der Waals surface area contributed by atoms with Crippen molar-refractivity contribution in [2.45, 2.75) is 31.8 Å². The Morgan fingerprint density at radius 2 is 2.33 bits per heavy atom. The summed E-state index contributed by atoms with van der Waals surface area (Å²) in [5, 5.41) is 3.44. The zero-order valence-corrected chi connectivity index (χ0v) is 10.5. The first-order chi connectivity index (χ1) is 8.78. The standard InChI is InChI=1S/C14H19N3O/c15-8-10-3-4-13-11(6-10)7-14(18)17(13)9-12-2-1-5-16-12/h3-4,6,12,16H,1-2,5,7-9,15H2. The molecule has 0 saturated carbocycles. The van der Waals surface area contributed by atoms with Gasteiger partial charge in [0.25, 0.3) is 0 Å². The predicted molar refractivity (Wildman–Crippen MR) is 71.4 cm³/mol. The van der Waals surface area contributed by atoms with Gasteiger partial charge in [-0.15, -0.1) is 0 Å². The van der Waals surface area contributed by atoms with Crippen LogP contribution < -0.4 is 16.0 Å². The first kappa shape index (κ1) is 11.7. The highest BCUT2D eigenvalue weighted by atomic mass is 16.2. The maximum absolute atomic E-state index is 12.1. The molecule has 4 nitrogen and oxygen atoms in total. The first-order valence-electron chi connectivity index (χ1n) is 6.63. The molecule has 1 aromatic rings. The highest BCUT2D eigenvalue weighted by Crippen LogP contribution is 2.30. The van der Waals surface area contributed by atoms with Crippen LogP contribution in [-0.2, 0) is 17.8 Å². The molecule has 1 atom stereocenters. The minimum absolute atomic E-state index is 0.216. The number of hydrogen-bond acceptors (Lipinski definition) is 3. The van der Waals surface area contributed by atoms with Crippen LogP contribution in [0, 0.1) is 0 Å². The molecule has 1 fully saturated rings. The average molecular weight is 245 g/mol. The first-order valence-corrected chi connectivity index (χ1v) is 6.63. The van der Waals surface area contributed by atoms with Gasteiger partial charge >= 0.3 is 0 Å². The van der Waals surface area contributed by atoms with E-state index >= 15 is 0 Å². The zero-order valence-electron chi connectivity index (χ0n) is 10.5. The molecule has 1 saturated heterocycles. The molecule has 2 heterocycles. The molecule has 0 aromatic heterocycles. The van der Waals surface area contributed by atoms with Crippen molar-refractivity contribution in [2.75, 3.05) is 18.0 Å². The lowest BCUT2D eigenvalue weighted by Crippen LogP contribution is -2.39. The summed E-state index contributed by atoms with van der Waals surface area (Å²) in [6, 6.07) is 6.58. The third-order valence-corrected chi connectivity index (χ3v) is 3.88. The number of benzene rings is 1. The van der Waals surface area contributed by atoms with Gasteiger partial charge < -0.3 is 16.0 Å². The second kappa shape index (κ2) is 4.71. The number of hydrogen-bond donors (Lipinski definition) is 2. The van der Waals surface area contributed by atoms with Gasteiger partial charge in [-0.25, -0.2) is 0 Å². The molecule has 18 heavy (non-hydrogen) atoms. The lowest BCUT2D eigenvalue weighted by atomic mass is 10.1. The molecule has 1 aromatic carbocycles. The van der Waals surface area contributed by atoms with E-state index in [9.17, 15) is 4.79 Å². The van der Waals surface area contributed by atoms with Gasteiger partial charge in [-0.3, -0.25) is 4.79 Å². The number of carbonyl (C=O) groups is 1. The summed E-state index contributed by atoms with van der Waals surface area (Å²) in [6.45, 7) is 2.41. The van der Waals surface area contributed by atoms with Gasteiger partial charge in [-0.1, -0.05) is 12.1 Å². The number of nitrogens with one attached hydrogen (secondary N) is 1. The van der Waals surface area contributed by atoms with Crippen molar-refractivity contribution < 1.29 is 4.79 Å². The van der Waals surface area contributed by atoms with Gasteiger partial charge in [0, 0.05) is 24.8 Å². The second-order valence-corrected chi connectivity index (χ2v) is 5.14. The van der Waals surface area contributed by atoms with Crippen molar-refractivity contribution in [1.29, 1.82) is 0 Å². The molecule has 0 radical (unpaired) electrons. The van der Waals surface area contributed by atoms with Gasteiger partial charge in [-0.2, -0.15) is 0 Å². The summed E-state index contributed by atoms with van der Waals surface area (Å²) in [5.41, 5.74) is 8.94. The summed E-state index contributed by atoms with van der Waals surface area (Å²) in [6.07, 6.45) is 2.90. The summed E-state index contributed by atoms with van der Waals surface area (Å²) in [4.78, 5) is 14.0. The molecule has 2 aliphatic heterocycles. The summed E-state index contributed by atoms with van der Waals surface area (Å²) >= 11 is 0. The van der Waals surface area contributed by atoms with E-state index < -0.39 is 0 Å². The van der Waals surface area contributed by atoms with Gasteiger partial charge in [0.15, 0.2) is 0 Å². The van der Waals surface area contributed by atoms with Crippen LogP contribution in [0.25, 0.3) is 0 Å². The van der Waals surface area contributed by atoms with E-state index in [2.05, 4.69) is 11.4 Å². The molecular formula is C14H19N3O. The molecular weight excluding hydrogens is 226 g/mol. The minimum Gasteiger partial charge on any atom is -0.326 e. The van der Waals surface area contributed by atoms with Gasteiger partial charge in [0.2, 0.25) is 5.91 Å². The Morgan fingerprint density at radius 3 is 3.06 bits per heavy atom. The van der Waals surface area contributed by atoms with Crippen LogP contribution in [0.15, 0.2) is 18.2 Å². The largest absolute Gasteiger partial charge is 0.326 e. The summed E-state index contributed by atoms with van der Waals surface area (Å²) < 4.78 is 0. The Hall–Kier alpha value is -1.39. The molecule has 0 spiro atoms. The fourth-order valence-electron chi connectivity index (χ4n) is 2.90. The van der Waals surface area contributed by atoms with Crippen LogP contribution in [0.1, 0.15) is 24.0 Å². The molecule has 0 bridgehead atoms. The molecule has 3 rings (SSSR count). The topological polar surface area (TPSA) is 58.4 Å². The number of fused-ring (bicyclic) bond motifs is 1. The highest BCUT2D eigenvalue weighted by Gasteiger charge is 2.29. The molecule has 4 heteroatoms. The van der Waals surface area contributed by atoms with Crippen LogP contribution in [-0.4, -0.2) is 25.0 Å². The van der Waals surface area contributed by atoms with E-state index in [1.165, 1.54) is 12.8 Å². The van der Waals surface area contributed by atoms with Crippen LogP contribution in [0.3, 0.4) is 0 Å². The number of anilines is 1. The third kappa shape index (κ3) is 2.02. The Labute approximate surface area is 107 Å². The van der Waals surface area contributed by atoms with Crippen LogP contribution in [0.4, 0.5) is 5.69 Å². The Bertz CT molecular complexity index is 466. The average Bonchev–Trinajstić information content (AvgIpc) is 2.98. The van der Waals surface area contributed by atoms with Crippen molar-refractivity contribution in [2.24, 2.45) is 5.73 Å². The van der Waals surface area contributed by atoms with E-state index in [-0.39, 0.29) is 5.91 Å². The number of amides is 1. The quantitative estimate of drug-likeness (QED) is 0.827. The molecule has 96 valence electrons. The fourth-order valence-corrected chi connectivity index (χ4v) is 2.90. The van der Waals surface area contributed by atoms with Crippen LogP contribution >= 0.6 is 0 Å². The van der Waals surface area contributed by atoms with Gasteiger partial charge in [-0.05, 0) is 36.6 Å². The monoisotopic (exact) mass is 245 g/mol. The van der Waals surface area contributed by atoms with Gasteiger partial charge in [0.1, 0.15) is 0 Å². The van der Waals surface area contributed by atoms with Crippen molar-refractivity contribution in [3.63, 3.8) is 0 Å². The molecule has 0 aliphatic carbocycles. The maximum Gasteiger partial charge on any atom is 0.231 e. The third-order valence-electron chi connectivity index (χ3n) is 3.88. The van der Waals surface area contributed by atoms with E-state index in [0.29, 0.717) is 19.0 Å². The summed E-state index contributed by atoms with van der Waals surface area (Å²) in [5.74, 6) is 0.216. The minimum atomic E-state index is 0.216. The van der Waals surface area contributed by atoms with E-state index in [1.54, 1.807) is 0 Å². The summed E-state index contributed by atoms with van der Waals surface area (Å²) in [7, 11) is 0. The molecule has 1 amide bonds. The number of rotatable bonds is 3. The SMILES string of the molecule is NCc1ccc2c(c1)CC(=O)N2CC1CCCN1. The normalized spacial score (nSPS) is 22.6. The van der Waals surface area contributed by atoms with Crippen molar-refractivity contribution >= 4 is 11.6 Å². The molecule has 1 unspecified atom stereocenters. The van der Waals surface area contributed by atoms with Crippen LogP contribution in [0.5, 0.6) is 0 Å². The van der Waals surface area contributed by atoms with E-state index in [4.69, 9.17) is 5.73 Å². The maximum atomic E-state index is 12.1. The Kier molecular flexibility index (Phi) is 3.06. The van der Waals surface area contributed by atoms with Crippen molar-refractivity contribution in [3.05, 3.63) is 29.3 Å². The van der Waals surface area contributed by atoms with E-state index in [0.717, 1.165) is 29.9 Å². The Morgan fingerprint density at radius 1 is 1.44 bits per heavy atom. The number of carbonyl (C=O) groups excluding carboxylic acids is 1. The Balaban J connectivity index is 1.82. The lowest BCUT2D eigenvalue weighted by Gasteiger charge is -2.21. The van der Waals surface area contributed by atoms with Crippen molar-refractivity contribution in [3.8, 4) is 0 Å². The molecule has 3 N–H and O–H groups in total. The predicted octanol–water partition coefficient (Wildman–Crippen LogP) is 0.786. The van der Waals surface area contributed by atoms with E-state index in [1.807, 2.05) is 17.0 Å². The van der Waals surface area contributed by atoms with Crippen molar-refractivity contribution in [1.82, 2.24) is 5.32 Å². The van der Waals surface area contributed by atoms with Gasteiger partial charge in [0.05, 0.1) is 6.42 Å². The highest BCUT2D eigenvalue weighted by molar-refractivity contribution is 6.01. The zero-order chi connectivity index (χ0) is 12.5. The number of nitrogens with two attached hydrogens (primary N) is 1. The van der Waals surface area contributed by atoms with Crippen LogP contribution in [0.2, 0.25) is 0 Å². The molecule has 2 aliphatic rings. The number of nitrogens with zero attached hydrogens (tertiary/aromatic N) is 1. The second-order valence-electron chi connectivity index (χ2n) is 5.14. The smallest absolute Gasteiger partial charge is 0.231 e.